The van der Waals surface area contributed by atoms with E-state index in [1.165, 1.54) is 38.6 Å². The molecule has 1 amide bonds. The molecule has 3 rings (SSSR count). The second kappa shape index (κ2) is 5.17. The molecule has 0 radical (unpaired) electrons. The molecule has 1 aliphatic carbocycles. The Morgan fingerprint density at radius 2 is 2.00 bits per heavy atom. The Labute approximate surface area is 110 Å². The van der Waals surface area contributed by atoms with Crippen LogP contribution in [0.15, 0.2) is 0 Å². The first-order valence-corrected chi connectivity index (χ1v) is 7.52. The van der Waals surface area contributed by atoms with Gasteiger partial charge in [-0.15, -0.1) is 0 Å². The van der Waals surface area contributed by atoms with E-state index in [0.29, 0.717) is 12.1 Å². The van der Waals surface area contributed by atoms with Crippen LogP contribution in [-0.4, -0.2) is 60.0 Å². The number of nitrogens with zero attached hydrogens (tertiary/aromatic N) is 2. The van der Waals surface area contributed by atoms with Crippen LogP contribution in [0.3, 0.4) is 0 Å². The van der Waals surface area contributed by atoms with E-state index in [2.05, 4.69) is 22.0 Å². The number of amides is 1. The van der Waals surface area contributed by atoms with Gasteiger partial charge >= 0.3 is 0 Å². The van der Waals surface area contributed by atoms with Gasteiger partial charge in [-0.2, -0.15) is 0 Å². The van der Waals surface area contributed by atoms with Gasteiger partial charge < -0.3 is 5.32 Å². The Morgan fingerprint density at radius 3 is 2.72 bits per heavy atom. The van der Waals surface area contributed by atoms with Crippen molar-refractivity contribution < 1.29 is 4.79 Å². The van der Waals surface area contributed by atoms with Crippen LogP contribution in [0.4, 0.5) is 0 Å². The summed E-state index contributed by atoms with van der Waals surface area (Å²) in [6.07, 6.45) is 6.28. The highest BCUT2D eigenvalue weighted by atomic mass is 16.2. The van der Waals surface area contributed by atoms with Gasteiger partial charge in [0.05, 0.1) is 6.04 Å². The summed E-state index contributed by atoms with van der Waals surface area (Å²) in [5.74, 6) is 0.242. The molecule has 102 valence electrons. The van der Waals surface area contributed by atoms with E-state index in [1.807, 2.05) is 0 Å². The maximum absolute atomic E-state index is 12.2. The zero-order chi connectivity index (χ0) is 12.5. The van der Waals surface area contributed by atoms with Crippen molar-refractivity contribution in [3.8, 4) is 0 Å². The molecule has 3 aliphatic rings. The standard InChI is InChI=1S/C14H25N3O/c1-11(14(18)15-12-4-2-5-12)17-9-8-16-7-3-6-13(16)10-17/h11-13H,2-10H2,1H3,(H,15,18)/t11?,13-/m1/s1. The predicted octanol–water partition coefficient (Wildman–Crippen LogP) is 0.824. The minimum Gasteiger partial charge on any atom is -0.352 e. The molecule has 2 saturated heterocycles. The smallest absolute Gasteiger partial charge is 0.237 e. The van der Waals surface area contributed by atoms with Crippen LogP contribution >= 0.6 is 0 Å². The van der Waals surface area contributed by atoms with E-state index >= 15 is 0 Å². The summed E-state index contributed by atoms with van der Waals surface area (Å²) in [5.41, 5.74) is 0. The molecule has 2 heterocycles. The first-order chi connectivity index (χ1) is 8.74. The first-order valence-electron chi connectivity index (χ1n) is 7.52. The zero-order valence-electron chi connectivity index (χ0n) is 11.4. The van der Waals surface area contributed by atoms with Gasteiger partial charge in [0.1, 0.15) is 0 Å². The highest BCUT2D eigenvalue weighted by Crippen LogP contribution is 2.23. The lowest BCUT2D eigenvalue weighted by Crippen LogP contribution is -2.57. The van der Waals surface area contributed by atoms with Gasteiger partial charge in [0.2, 0.25) is 5.91 Å². The summed E-state index contributed by atoms with van der Waals surface area (Å²) in [7, 11) is 0. The maximum Gasteiger partial charge on any atom is 0.237 e. The first kappa shape index (κ1) is 12.4. The van der Waals surface area contributed by atoms with E-state index in [-0.39, 0.29) is 11.9 Å². The van der Waals surface area contributed by atoms with Gasteiger partial charge in [0.15, 0.2) is 0 Å². The molecule has 1 unspecified atom stereocenters. The lowest BCUT2D eigenvalue weighted by Gasteiger charge is -2.40. The van der Waals surface area contributed by atoms with Crippen molar-refractivity contribution in [3.05, 3.63) is 0 Å². The highest BCUT2D eigenvalue weighted by Gasteiger charge is 2.34. The zero-order valence-corrected chi connectivity index (χ0v) is 11.4. The van der Waals surface area contributed by atoms with Crippen molar-refractivity contribution in [2.75, 3.05) is 26.2 Å². The quantitative estimate of drug-likeness (QED) is 0.807. The van der Waals surface area contributed by atoms with Crippen molar-refractivity contribution in [1.29, 1.82) is 0 Å². The third-order valence-electron chi connectivity index (χ3n) is 5.00. The fraction of sp³-hybridized carbons (Fsp3) is 0.929. The SMILES string of the molecule is CC(C(=O)NC1CCC1)N1CCN2CCC[C@@H]2C1. The van der Waals surface area contributed by atoms with Gasteiger partial charge in [0, 0.05) is 31.7 Å². The number of carbonyl (C=O) groups is 1. The number of rotatable bonds is 3. The van der Waals surface area contributed by atoms with Gasteiger partial charge in [-0.25, -0.2) is 0 Å². The van der Waals surface area contributed by atoms with Crippen molar-refractivity contribution in [3.63, 3.8) is 0 Å². The van der Waals surface area contributed by atoms with Crippen LogP contribution in [0, 0.1) is 0 Å². The molecule has 4 nitrogen and oxygen atoms in total. The van der Waals surface area contributed by atoms with E-state index in [9.17, 15) is 4.79 Å². The van der Waals surface area contributed by atoms with Crippen LogP contribution in [-0.2, 0) is 4.79 Å². The van der Waals surface area contributed by atoms with Crippen LogP contribution < -0.4 is 5.32 Å². The van der Waals surface area contributed by atoms with Gasteiger partial charge in [0.25, 0.3) is 0 Å². The van der Waals surface area contributed by atoms with E-state index in [4.69, 9.17) is 0 Å². The predicted molar refractivity (Wildman–Crippen MR) is 71.4 cm³/mol. The third-order valence-corrected chi connectivity index (χ3v) is 5.00. The summed E-state index contributed by atoms with van der Waals surface area (Å²) in [5, 5.41) is 3.18. The normalized spacial score (nSPS) is 31.7. The summed E-state index contributed by atoms with van der Waals surface area (Å²) >= 11 is 0. The Kier molecular flexibility index (Phi) is 3.57. The Bertz CT molecular complexity index is 316. The van der Waals surface area contributed by atoms with Crippen molar-refractivity contribution in [2.24, 2.45) is 0 Å². The molecule has 3 fully saturated rings. The van der Waals surface area contributed by atoms with Crippen molar-refractivity contribution >= 4 is 5.91 Å². The molecule has 1 N–H and O–H groups in total. The van der Waals surface area contributed by atoms with Gasteiger partial charge in [-0.1, -0.05) is 0 Å². The summed E-state index contributed by atoms with van der Waals surface area (Å²) in [6, 6.07) is 1.22. The summed E-state index contributed by atoms with van der Waals surface area (Å²) in [4.78, 5) is 17.1. The molecule has 0 aromatic carbocycles. The highest BCUT2D eigenvalue weighted by molar-refractivity contribution is 5.81. The van der Waals surface area contributed by atoms with Gasteiger partial charge in [-0.05, 0) is 45.6 Å². The number of hydrogen-bond acceptors (Lipinski definition) is 3. The summed E-state index contributed by atoms with van der Waals surface area (Å²) < 4.78 is 0. The monoisotopic (exact) mass is 251 g/mol. The average molecular weight is 251 g/mol. The van der Waals surface area contributed by atoms with E-state index in [0.717, 1.165) is 19.6 Å². The fourth-order valence-corrected chi connectivity index (χ4v) is 3.41. The fourth-order valence-electron chi connectivity index (χ4n) is 3.41. The number of nitrogens with one attached hydrogen (secondary N) is 1. The molecule has 0 bridgehead atoms. The largest absolute Gasteiger partial charge is 0.352 e. The molecule has 0 aromatic rings. The average Bonchev–Trinajstić information content (AvgIpc) is 2.79. The van der Waals surface area contributed by atoms with Crippen LogP contribution in [0.5, 0.6) is 0 Å². The third kappa shape index (κ3) is 2.41. The molecule has 1 saturated carbocycles. The Balaban J connectivity index is 1.51. The number of carbonyl (C=O) groups excluding carboxylic acids is 1. The molecule has 4 heteroatoms. The van der Waals surface area contributed by atoms with Gasteiger partial charge in [-0.3, -0.25) is 14.6 Å². The molecular formula is C14H25N3O. The van der Waals surface area contributed by atoms with E-state index in [1.54, 1.807) is 0 Å². The van der Waals surface area contributed by atoms with Crippen LogP contribution in [0.25, 0.3) is 0 Å². The minimum atomic E-state index is 0.0494. The number of piperazine rings is 1. The molecule has 0 aromatic heterocycles. The molecule has 2 aliphatic heterocycles. The number of fused-ring (bicyclic) bond motifs is 1. The maximum atomic E-state index is 12.2. The van der Waals surface area contributed by atoms with Crippen LogP contribution in [0.1, 0.15) is 39.0 Å². The summed E-state index contributed by atoms with van der Waals surface area (Å²) in [6.45, 7) is 6.61. The molecule has 2 atom stereocenters. The Morgan fingerprint density at radius 1 is 1.17 bits per heavy atom. The lowest BCUT2D eigenvalue weighted by atomic mass is 9.93. The molecule has 18 heavy (non-hydrogen) atoms. The lowest BCUT2D eigenvalue weighted by molar-refractivity contribution is -0.128. The second-order valence-corrected chi connectivity index (χ2v) is 6.14. The topological polar surface area (TPSA) is 35.6 Å². The Hall–Kier alpha value is -0.610. The van der Waals surface area contributed by atoms with Crippen molar-refractivity contribution in [1.82, 2.24) is 15.1 Å². The number of hydrogen-bond donors (Lipinski definition) is 1. The molecular weight excluding hydrogens is 226 g/mol. The second-order valence-electron chi connectivity index (χ2n) is 6.14. The van der Waals surface area contributed by atoms with Crippen molar-refractivity contribution in [2.45, 2.75) is 57.2 Å². The van der Waals surface area contributed by atoms with Crippen LogP contribution in [0.2, 0.25) is 0 Å². The molecule has 0 spiro atoms. The minimum absolute atomic E-state index is 0.0494. The van der Waals surface area contributed by atoms with E-state index < -0.39 is 0 Å².